The van der Waals surface area contributed by atoms with E-state index in [1.165, 1.54) is 28.6 Å². The van der Waals surface area contributed by atoms with E-state index in [1.54, 1.807) is 17.4 Å². The summed E-state index contributed by atoms with van der Waals surface area (Å²) in [5.41, 5.74) is 5.09. The van der Waals surface area contributed by atoms with Gasteiger partial charge in [-0.15, -0.1) is 11.3 Å². The molecule has 6 heteroatoms. The zero-order chi connectivity index (χ0) is 23.9. The van der Waals surface area contributed by atoms with Crippen molar-refractivity contribution < 1.29 is 9.18 Å². The van der Waals surface area contributed by atoms with Crippen LogP contribution in [0.5, 0.6) is 0 Å². The number of amides is 1. The molecule has 1 fully saturated rings. The second-order valence-corrected chi connectivity index (χ2v) is 10.5. The molecular formula is C29H26FN3OS. The van der Waals surface area contributed by atoms with Gasteiger partial charge in [0, 0.05) is 23.7 Å². The highest BCUT2D eigenvalue weighted by atomic mass is 32.1. The molecule has 1 amide bonds. The van der Waals surface area contributed by atoms with E-state index in [0.29, 0.717) is 13.1 Å². The van der Waals surface area contributed by atoms with Crippen molar-refractivity contribution in [1.29, 1.82) is 0 Å². The van der Waals surface area contributed by atoms with Crippen LogP contribution in [-0.4, -0.2) is 33.9 Å². The maximum absolute atomic E-state index is 13.7. The number of halogens is 1. The number of rotatable bonds is 4. The molecule has 6 rings (SSSR count). The van der Waals surface area contributed by atoms with Crippen LogP contribution < -0.4 is 0 Å². The number of aryl methyl sites for hydroxylation is 1. The molecule has 1 aliphatic heterocycles. The minimum Gasteiger partial charge on any atom is -0.342 e. The van der Waals surface area contributed by atoms with Gasteiger partial charge in [0.25, 0.3) is 5.91 Å². The highest BCUT2D eigenvalue weighted by molar-refractivity contribution is 7.21. The largest absolute Gasteiger partial charge is 0.342 e. The van der Waals surface area contributed by atoms with Crippen molar-refractivity contribution in [2.75, 3.05) is 13.1 Å². The van der Waals surface area contributed by atoms with Crippen LogP contribution in [0.15, 0.2) is 66.7 Å². The third kappa shape index (κ3) is 4.23. The standard InChI is InChI=1S/C29H26FN3OS/c1-18-6-8-19(9-7-18)16-23-22-4-2-3-5-26(22)35-27(23)29(34)33-14-12-20(13-15-33)28-31-24-11-10-21(30)17-25(24)32-28/h2-11,17,20H,12-16H2,1H3,(H,31,32). The number of aromatic amines is 1. The van der Waals surface area contributed by atoms with Gasteiger partial charge < -0.3 is 9.88 Å². The lowest BCUT2D eigenvalue weighted by Gasteiger charge is -2.31. The quantitative estimate of drug-likeness (QED) is 0.304. The van der Waals surface area contributed by atoms with E-state index in [0.717, 1.165) is 51.3 Å². The van der Waals surface area contributed by atoms with Crippen molar-refractivity contribution in [2.45, 2.75) is 32.1 Å². The SMILES string of the molecule is Cc1ccc(Cc2c(C(=O)N3CCC(c4nc5ccc(F)cc5[nH]4)CC3)sc3ccccc23)cc1. The number of piperidine rings is 1. The van der Waals surface area contributed by atoms with Crippen LogP contribution in [0, 0.1) is 12.7 Å². The number of carbonyl (C=O) groups is 1. The number of likely N-dealkylation sites (tertiary alicyclic amines) is 1. The van der Waals surface area contributed by atoms with Gasteiger partial charge in [-0.05, 0) is 67.0 Å². The molecule has 3 heterocycles. The third-order valence-electron chi connectivity index (χ3n) is 7.03. The Morgan fingerprint density at radius 3 is 2.66 bits per heavy atom. The van der Waals surface area contributed by atoms with Crippen LogP contribution in [0.4, 0.5) is 4.39 Å². The van der Waals surface area contributed by atoms with Gasteiger partial charge in [-0.1, -0.05) is 48.0 Å². The van der Waals surface area contributed by atoms with Crippen molar-refractivity contribution in [3.8, 4) is 0 Å². The molecule has 0 saturated carbocycles. The molecule has 0 radical (unpaired) electrons. The number of thiophene rings is 1. The number of hydrogen-bond donors (Lipinski definition) is 1. The molecule has 176 valence electrons. The first-order valence-electron chi connectivity index (χ1n) is 12.1. The Labute approximate surface area is 207 Å². The van der Waals surface area contributed by atoms with Gasteiger partial charge in [-0.25, -0.2) is 9.37 Å². The van der Waals surface area contributed by atoms with E-state index >= 15 is 0 Å². The van der Waals surface area contributed by atoms with Gasteiger partial charge in [-0.3, -0.25) is 4.79 Å². The first-order valence-corrected chi connectivity index (χ1v) is 12.9. The fraction of sp³-hybridized carbons (Fsp3) is 0.241. The second kappa shape index (κ2) is 8.93. The van der Waals surface area contributed by atoms with Crippen molar-refractivity contribution in [3.05, 3.63) is 99.9 Å². The summed E-state index contributed by atoms with van der Waals surface area (Å²) in [6.45, 7) is 3.46. The Morgan fingerprint density at radius 2 is 1.86 bits per heavy atom. The number of aromatic nitrogens is 2. The summed E-state index contributed by atoms with van der Waals surface area (Å²) in [6.07, 6.45) is 2.43. The lowest BCUT2D eigenvalue weighted by Crippen LogP contribution is -2.38. The van der Waals surface area contributed by atoms with E-state index in [1.807, 2.05) is 17.0 Å². The number of hydrogen-bond acceptors (Lipinski definition) is 3. The summed E-state index contributed by atoms with van der Waals surface area (Å²) in [7, 11) is 0. The van der Waals surface area contributed by atoms with Crippen molar-refractivity contribution >= 4 is 38.4 Å². The number of nitrogens with one attached hydrogen (secondary N) is 1. The molecule has 1 saturated heterocycles. The summed E-state index contributed by atoms with van der Waals surface area (Å²) in [4.78, 5) is 24.5. The smallest absolute Gasteiger partial charge is 0.264 e. The van der Waals surface area contributed by atoms with E-state index < -0.39 is 0 Å². The van der Waals surface area contributed by atoms with Crippen molar-refractivity contribution in [1.82, 2.24) is 14.9 Å². The molecule has 0 unspecified atom stereocenters. The number of nitrogens with zero attached hydrogens (tertiary/aromatic N) is 2. The predicted molar refractivity (Wildman–Crippen MR) is 140 cm³/mol. The summed E-state index contributed by atoms with van der Waals surface area (Å²) in [6, 6.07) is 21.5. The van der Waals surface area contributed by atoms with E-state index in [-0.39, 0.29) is 17.6 Å². The van der Waals surface area contributed by atoms with E-state index in [2.05, 4.69) is 53.3 Å². The van der Waals surface area contributed by atoms with E-state index in [9.17, 15) is 9.18 Å². The summed E-state index contributed by atoms with van der Waals surface area (Å²) in [5.74, 6) is 0.986. The number of fused-ring (bicyclic) bond motifs is 2. The number of H-pyrrole nitrogens is 1. The monoisotopic (exact) mass is 483 g/mol. The average molecular weight is 484 g/mol. The Bertz CT molecular complexity index is 1530. The number of benzene rings is 3. The fourth-order valence-corrected chi connectivity index (χ4v) is 6.24. The molecule has 0 atom stereocenters. The van der Waals surface area contributed by atoms with Crippen LogP contribution >= 0.6 is 11.3 Å². The minimum atomic E-state index is -0.266. The summed E-state index contributed by atoms with van der Waals surface area (Å²) < 4.78 is 14.7. The van der Waals surface area contributed by atoms with Gasteiger partial charge >= 0.3 is 0 Å². The number of carbonyl (C=O) groups excluding carboxylic acids is 1. The molecule has 1 aliphatic rings. The fourth-order valence-electron chi connectivity index (χ4n) is 5.05. The first kappa shape index (κ1) is 22.0. The molecule has 3 aromatic carbocycles. The second-order valence-electron chi connectivity index (χ2n) is 9.42. The number of imidazole rings is 1. The first-order chi connectivity index (χ1) is 17.0. The normalized spacial score (nSPS) is 14.7. The zero-order valence-corrected chi connectivity index (χ0v) is 20.4. The minimum absolute atomic E-state index is 0.124. The molecule has 5 aromatic rings. The lowest BCUT2D eigenvalue weighted by atomic mass is 9.95. The molecule has 35 heavy (non-hydrogen) atoms. The maximum Gasteiger partial charge on any atom is 0.264 e. The Morgan fingerprint density at radius 1 is 1.09 bits per heavy atom. The van der Waals surface area contributed by atoms with Crippen LogP contribution in [0.3, 0.4) is 0 Å². The molecule has 1 N–H and O–H groups in total. The van der Waals surface area contributed by atoms with Gasteiger partial charge in [0.15, 0.2) is 0 Å². The zero-order valence-electron chi connectivity index (χ0n) is 19.6. The highest BCUT2D eigenvalue weighted by Crippen LogP contribution is 2.35. The highest BCUT2D eigenvalue weighted by Gasteiger charge is 2.29. The predicted octanol–water partition coefficient (Wildman–Crippen LogP) is 6.84. The average Bonchev–Trinajstić information content (AvgIpc) is 3.46. The maximum atomic E-state index is 13.7. The topological polar surface area (TPSA) is 49.0 Å². The van der Waals surface area contributed by atoms with Gasteiger partial charge in [-0.2, -0.15) is 0 Å². The van der Waals surface area contributed by atoms with Crippen molar-refractivity contribution in [3.63, 3.8) is 0 Å². The molecular weight excluding hydrogens is 457 g/mol. The Hall–Kier alpha value is -3.51. The van der Waals surface area contributed by atoms with Gasteiger partial charge in [0.05, 0.1) is 15.9 Å². The van der Waals surface area contributed by atoms with Crippen LogP contribution in [-0.2, 0) is 6.42 Å². The van der Waals surface area contributed by atoms with Crippen LogP contribution in [0.25, 0.3) is 21.1 Å². The van der Waals surface area contributed by atoms with E-state index in [4.69, 9.17) is 0 Å². The third-order valence-corrected chi connectivity index (χ3v) is 8.23. The summed E-state index contributed by atoms with van der Waals surface area (Å²) in [5, 5.41) is 1.17. The Balaban J connectivity index is 1.23. The van der Waals surface area contributed by atoms with Crippen LogP contribution in [0.1, 0.15) is 50.9 Å². The lowest BCUT2D eigenvalue weighted by molar-refractivity contribution is 0.0715. The van der Waals surface area contributed by atoms with Gasteiger partial charge in [0.1, 0.15) is 11.6 Å². The molecule has 0 bridgehead atoms. The Kier molecular flexibility index (Phi) is 5.61. The van der Waals surface area contributed by atoms with Crippen LogP contribution in [0.2, 0.25) is 0 Å². The summed E-state index contributed by atoms with van der Waals surface area (Å²) >= 11 is 1.60. The van der Waals surface area contributed by atoms with Gasteiger partial charge in [0.2, 0.25) is 0 Å². The molecule has 2 aromatic heterocycles. The molecule has 0 spiro atoms. The molecule has 0 aliphatic carbocycles. The van der Waals surface area contributed by atoms with Crippen molar-refractivity contribution in [2.24, 2.45) is 0 Å². The molecule has 4 nitrogen and oxygen atoms in total.